The van der Waals surface area contributed by atoms with Crippen molar-refractivity contribution >= 4 is 0 Å². The quantitative estimate of drug-likeness (QED) is 0.895. The van der Waals surface area contributed by atoms with Crippen molar-refractivity contribution in [1.82, 2.24) is 0 Å². The molecule has 3 heteroatoms. The number of rotatable bonds is 5. The lowest BCUT2D eigenvalue weighted by Gasteiger charge is -2.14. The molecule has 0 fully saturated rings. The third-order valence-corrected chi connectivity index (χ3v) is 3.03. The molecule has 1 N–H and O–H groups in total. The Morgan fingerprint density at radius 1 is 1.00 bits per heavy atom. The average molecular weight is 258 g/mol. The summed E-state index contributed by atoms with van der Waals surface area (Å²) in [6.07, 6.45) is 0. The Hall–Kier alpha value is -2.00. The summed E-state index contributed by atoms with van der Waals surface area (Å²) in [5.74, 6) is 1.55. The number of ether oxygens (including phenoxy) is 2. The van der Waals surface area contributed by atoms with Crippen LogP contribution >= 0.6 is 0 Å². The van der Waals surface area contributed by atoms with E-state index in [0.717, 1.165) is 28.2 Å². The molecule has 0 heterocycles. The van der Waals surface area contributed by atoms with Crippen LogP contribution in [0.2, 0.25) is 0 Å². The lowest BCUT2D eigenvalue weighted by Crippen LogP contribution is -2.02. The molecule has 0 bridgehead atoms. The Kier molecular flexibility index (Phi) is 4.42. The molecule has 2 aromatic carbocycles. The van der Waals surface area contributed by atoms with E-state index in [1.165, 1.54) is 0 Å². The van der Waals surface area contributed by atoms with Gasteiger partial charge in [-0.2, -0.15) is 0 Å². The van der Waals surface area contributed by atoms with E-state index >= 15 is 0 Å². The third kappa shape index (κ3) is 3.06. The molecule has 0 aliphatic rings. The largest absolute Gasteiger partial charge is 0.496 e. The SMILES string of the molecule is COc1ccccc1COc1c(C)cccc1CO. The molecule has 0 aromatic heterocycles. The molecule has 0 aliphatic heterocycles. The second kappa shape index (κ2) is 6.25. The lowest BCUT2D eigenvalue weighted by atomic mass is 10.1. The molecule has 0 radical (unpaired) electrons. The molecule has 0 amide bonds. The van der Waals surface area contributed by atoms with E-state index in [1.807, 2.05) is 49.4 Å². The van der Waals surface area contributed by atoms with Gasteiger partial charge < -0.3 is 14.6 Å². The minimum atomic E-state index is -0.0249. The van der Waals surface area contributed by atoms with Crippen molar-refractivity contribution in [2.24, 2.45) is 0 Å². The van der Waals surface area contributed by atoms with Gasteiger partial charge in [-0.25, -0.2) is 0 Å². The van der Waals surface area contributed by atoms with Crippen molar-refractivity contribution in [3.05, 3.63) is 59.2 Å². The molecule has 2 rings (SSSR count). The Bertz CT molecular complexity index is 549. The Morgan fingerprint density at radius 3 is 2.47 bits per heavy atom. The van der Waals surface area contributed by atoms with Gasteiger partial charge in [-0.15, -0.1) is 0 Å². The smallest absolute Gasteiger partial charge is 0.128 e. The molecule has 0 unspecified atom stereocenters. The van der Waals surface area contributed by atoms with Crippen LogP contribution in [0.3, 0.4) is 0 Å². The van der Waals surface area contributed by atoms with Gasteiger partial charge in [0.1, 0.15) is 18.1 Å². The maximum absolute atomic E-state index is 9.34. The van der Waals surface area contributed by atoms with Gasteiger partial charge in [0.15, 0.2) is 0 Å². The topological polar surface area (TPSA) is 38.7 Å². The van der Waals surface area contributed by atoms with Crippen LogP contribution < -0.4 is 9.47 Å². The molecule has 0 aliphatic carbocycles. The summed E-state index contributed by atoms with van der Waals surface area (Å²) in [7, 11) is 1.64. The zero-order valence-corrected chi connectivity index (χ0v) is 11.2. The average Bonchev–Trinajstić information content (AvgIpc) is 2.46. The fourth-order valence-electron chi connectivity index (χ4n) is 2.02. The molecule has 19 heavy (non-hydrogen) atoms. The second-order valence-corrected chi connectivity index (χ2v) is 4.32. The maximum atomic E-state index is 9.34. The van der Waals surface area contributed by atoms with Crippen molar-refractivity contribution in [1.29, 1.82) is 0 Å². The summed E-state index contributed by atoms with van der Waals surface area (Å²) < 4.78 is 11.1. The van der Waals surface area contributed by atoms with E-state index < -0.39 is 0 Å². The van der Waals surface area contributed by atoms with Crippen molar-refractivity contribution < 1.29 is 14.6 Å². The number of hydrogen-bond acceptors (Lipinski definition) is 3. The van der Waals surface area contributed by atoms with Gasteiger partial charge in [-0.1, -0.05) is 36.4 Å². The summed E-state index contributed by atoms with van der Waals surface area (Å²) in [6.45, 7) is 2.36. The standard InChI is InChI=1S/C16H18O3/c1-12-6-5-8-13(10-17)16(12)19-11-14-7-3-4-9-15(14)18-2/h3-9,17H,10-11H2,1-2H3. The van der Waals surface area contributed by atoms with Gasteiger partial charge in [0.25, 0.3) is 0 Å². The molecule has 2 aromatic rings. The highest BCUT2D eigenvalue weighted by atomic mass is 16.5. The predicted molar refractivity (Wildman–Crippen MR) is 74.4 cm³/mol. The minimum absolute atomic E-state index is 0.0249. The Balaban J connectivity index is 2.19. The molecule has 0 saturated carbocycles. The maximum Gasteiger partial charge on any atom is 0.128 e. The number of aliphatic hydroxyl groups excluding tert-OH is 1. The van der Waals surface area contributed by atoms with Crippen LogP contribution in [0.25, 0.3) is 0 Å². The summed E-state index contributed by atoms with van der Waals surface area (Å²) in [4.78, 5) is 0. The molecule has 3 nitrogen and oxygen atoms in total. The monoisotopic (exact) mass is 258 g/mol. The Morgan fingerprint density at radius 2 is 1.74 bits per heavy atom. The van der Waals surface area contributed by atoms with Crippen LogP contribution in [0.5, 0.6) is 11.5 Å². The van der Waals surface area contributed by atoms with Gasteiger partial charge in [0.2, 0.25) is 0 Å². The number of hydrogen-bond donors (Lipinski definition) is 1. The molecular formula is C16H18O3. The first-order chi connectivity index (χ1) is 9.26. The van der Waals surface area contributed by atoms with Crippen LogP contribution in [0.15, 0.2) is 42.5 Å². The first kappa shape index (κ1) is 13.4. The van der Waals surface area contributed by atoms with Crippen LogP contribution in [-0.4, -0.2) is 12.2 Å². The summed E-state index contributed by atoms with van der Waals surface area (Å²) in [6, 6.07) is 13.5. The fraction of sp³-hybridized carbons (Fsp3) is 0.250. The van der Waals surface area contributed by atoms with Crippen molar-refractivity contribution in [3.8, 4) is 11.5 Å². The van der Waals surface area contributed by atoms with Crippen LogP contribution in [-0.2, 0) is 13.2 Å². The molecule has 100 valence electrons. The number of methoxy groups -OCH3 is 1. The zero-order chi connectivity index (χ0) is 13.7. The van der Waals surface area contributed by atoms with Gasteiger partial charge in [0.05, 0.1) is 13.7 Å². The molecule has 0 spiro atoms. The van der Waals surface area contributed by atoms with E-state index in [-0.39, 0.29) is 6.61 Å². The van der Waals surface area contributed by atoms with Crippen LogP contribution in [0.4, 0.5) is 0 Å². The number of aryl methyl sites for hydroxylation is 1. The molecule has 0 saturated heterocycles. The normalized spacial score (nSPS) is 10.3. The fourth-order valence-corrected chi connectivity index (χ4v) is 2.02. The first-order valence-electron chi connectivity index (χ1n) is 6.20. The second-order valence-electron chi connectivity index (χ2n) is 4.32. The summed E-state index contributed by atoms with van der Waals surface area (Å²) in [5, 5.41) is 9.34. The number of para-hydroxylation sites is 2. The van der Waals surface area contributed by atoms with E-state index in [4.69, 9.17) is 9.47 Å². The lowest BCUT2D eigenvalue weighted by molar-refractivity contribution is 0.256. The third-order valence-electron chi connectivity index (χ3n) is 3.03. The highest BCUT2D eigenvalue weighted by Crippen LogP contribution is 2.26. The van der Waals surface area contributed by atoms with Crippen molar-refractivity contribution in [2.45, 2.75) is 20.1 Å². The van der Waals surface area contributed by atoms with E-state index in [1.54, 1.807) is 7.11 Å². The highest BCUT2D eigenvalue weighted by molar-refractivity contribution is 5.41. The number of benzene rings is 2. The highest BCUT2D eigenvalue weighted by Gasteiger charge is 2.08. The molecular weight excluding hydrogens is 240 g/mol. The van der Waals surface area contributed by atoms with Gasteiger partial charge in [-0.05, 0) is 18.6 Å². The molecule has 0 atom stereocenters. The van der Waals surface area contributed by atoms with Gasteiger partial charge in [-0.3, -0.25) is 0 Å². The first-order valence-corrected chi connectivity index (χ1v) is 6.20. The van der Waals surface area contributed by atoms with Crippen molar-refractivity contribution in [3.63, 3.8) is 0 Å². The minimum Gasteiger partial charge on any atom is -0.496 e. The summed E-state index contributed by atoms with van der Waals surface area (Å²) in [5.41, 5.74) is 2.80. The van der Waals surface area contributed by atoms with E-state index in [2.05, 4.69) is 0 Å². The predicted octanol–water partition coefficient (Wildman–Crippen LogP) is 3.07. The zero-order valence-electron chi connectivity index (χ0n) is 11.2. The van der Waals surface area contributed by atoms with Gasteiger partial charge in [0, 0.05) is 11.1 Å². The van der Waals surface area contributed by atoms with E-state index in [0.29, 0.717) is 6.61 Å². The van der Waals surface area contributed by atoms with Crippen LogP contribution in [0.1, 0.15) is 16.7 Å². The van der Waals surface area contributed by atoms with Gasteiger partial charge >= 0.3 is 0 Å². The van der Waals surface area contributed by atoms with Crippen LogP contribution in [0, 0.1) is 6.92 Å². The Labute approximate surface area is 113 Å². The summed E-state index contributed by atoms with van der Waals surface area (Å²) >= 11 is 0. The number of aliphatic hydroxyl groups is 1. The van der Waals surface area contributed by atoms with E-state index in [9.17, 15) is 5.11 Å². The van der Waals surface area contributed by atoms with Crippen molar-refractivity contribution in [2.75, 3.05) is 7.11 Å².